The third-order valence-electron chi connectivity index (χ3n) is 0.131. The van der Waals surface area contributed by atoms with Crippen LogP contribution in [-0.4, -0.2) is 12.0 Å². The number of hydrogen-bond donors (Lipinski definition) is 1. The predicted molar refractivity (Wildman–Crippen MR) is 23.1 cm³/mol. The Hall–Kier alpha value is -0.370. The van der Waals surface area contributed by atoms with Crippen molar-refractivity contribution in [3.8, 4) is 0 Å². The van der Waals surface area contributed by atoms with Crippen LogP contribution >= 0.6 is 11.6 Å². The zero-order valence-electron chi connectivity index (χ0n) is 2.48. The van der Waals surface area contributed by atoms with Gasteiger partial charge in [-0.05, 0) is 0 Å². The maximum atomic E-state index is 6.20. The van der Waals surface area contributed by atoms with Gasteiger partial charge in [-0.25, -0.2) is 4.99 Å². The second kappa shape index (κ2) is 3.63. The van der Waals surface area contributed by atoms with E-state index in [-0.39, 0.29) is 0 Å². The third-order valence-corrected chi connectivity index (χ3v) is 0.244. The average Bonchev–Trinajstić information content (AvgIpc) is 1.41. The smallest absolute Gasteiger partial charge is 0.107 e. The molecular formula is C2H3ClN2. The van der Waals surface area contributed by atoms with E-state index in [1.807, 2.05) is 0 Å². The van der Waals surface area contributed by atoms with E-state index in [1.54, 1.807) is 0 Å². The zero-order valence-corrected chi connectivity index (χ0v) is 3.24. The highest BCUT2D eigenvalue weighted by atomic mass is 35.5. The van der Waals surface area contributed by atoms with Gasteiger partial charge in [-0.15, -0.1) is 0 Å². The molecule has 0 atom stereocenters. The lowest BCUT2D eigenvalue weighted by Crippen LogP contribution is -1.52. The van der Waals surface area contributed by atoms with E-state index in [2.05, 4.69) is 4.99 Å². The van der Waals surface area contributed by atoms with Gasteiger partial charge in [0.05, 0.1) is 5.67 Å². The number of rotatable bonds is 1. The van der Waals surface area contributed by atoms with Crippen LogP contribution in [0.25, 0.3) is 0 Å². The van der Waals surface area contributed by atoms with Crippen LogP contribution in [-0.2, 0) is 0 Å². The van der Waals surface area contributed by atoms with Crippen molar-refractivity contribution < 1.29 is 0 Å². The van der Waals surface area contributed by atoms with Gasteiger partial charge in [0, 0.05) is 0 Å². The Morgan fingerprint density at radius 1 is 1.80 bits per heavy atom. The molecule has 0 bridgehead atoms. The van der Waals surface area contributed by atoms with Crippen molar-refractivity contribution in [3.05, 3.63) is 0 Å². The van der Waals surface area contributed by atoms with Crippen LogP contribution in [0.1, 0.15) is 0 Å². The largest absolute Gasteiger partial charge is 0.289 e. The summed E-state index contributed by atoms with van der Waals surface area (Å²) < 4.78 is 0. The summed E-state index contributed by atoms with van der Waals surface area (Å²) >= 11 is 4.86. The van der Waals surface area contributed by atoms with E-state index in [0.29, 0.717) is 0 Å². The normalized spacial score (nSPS) is 9.00. The molecule has 0 fully saturated rings. The zero-order chi connectivity index (χ0) is 4.12. The fourth-order valence-corrected chi connectivity index (χ4v) is 0.0845. The average molecular weight is 90.5 g/mol. The van der Waals surface area contributed by atoms with Crippen LogP contribution in [0, 0.1) is 5.41 Å². The molecule has 1 N–H and O–H groups in total. The van der Waals surface area contributed by atoms with Crippen molar-refractivity contribution in [1.82, 2.24) is 0 Å². The highest BCUT2D eigenvalue weighted by Crippen LogP contribution is 1.57. The fourth-order valence-electron chi connectivity index (χ4n) is 0.0282. The summed E-state index contributed by atoms with van der Waals surface area (Å²) in [7, 11) is 0. The molecule has 0 heterocycles. The first-order chi connectivity index (χ1) is 2.41. The Balaban J connectivity index is 2.92. The van der Waals surface area contributed by atoms with E-state index in [9.17, 15) is 0 Å². The van der Waals surface area contributed by atoms with Gasteiger partial charge in [-0.3, -0.25) is 5.41 Å². The first kappa shape index (κ1) is 4.63. The van der Waals surface area contributed by atoms with E-state index in [4.69, 9.17) is 17.0 Å². The Bertz CT molecular complexity index is 49.6. The lowest BCUT2D eigenvalue weighted by Gasteiger charge is -1.55. The molecule has 0 saturated heterocycles. The molecule has 0 aliphatic rings. The Morgan fingerprint density at radius 3 is 2.40 bits per heavy atom. The molecule has 0 aliphatic carbocycles. The molecule has 0 saturated carbocycles. The summed E-state index contributed by atoms with van der Waals surface area (Å²) in [5.74, 6) is 0. The van der Waals surface area contributed by atoms with Gasteiger partial charge in [0.1, 0.15) is 6.34 Å². The van der Waals surface area contributed by atoms with Crippen LogP contribution in [0.5, 0.6) is 0 Å². The molecular weight excluding hydrogens is 87.5 g/mol. The van der Waals surface area contributed by atoms with Crippen LogP contribution in [0.4, 0.5) is 0 Å². The van der Waals surface area contributed by atoms with Crippen molar-refractivity contribution in [3.63, 3.8) is 0 Å². The maximum absolute atomic E-state index is 6.20. The van der Waals surface area contributed by atoms with Crippen molar-refractivity contribution in [2.24, 2.45) is 4.99 Å². The molecule has 5 heavy (non-hydrogen) atoms. The van der Waals surface area contributed by atoms with Gasteiger partial charge in [-0.1, -0.05) is 11.6 Å². The Kier molecular flexibility index (Phi) is 3.36. The summed E-state index contributed by atoms with van der Waals surface area (Å²) in [6, 6.07) is 0. The first-order valence-electron chi connectivity index (χ1n) is 1.02. The monoisotopic (exact) mass is 90.0 g/mol. The van der Waals surface area contributed by atoms with Crippen LogP contribution in [0.2, 0.25) is 0 Å². The minimum absolute atomic E-state index is 0.868. The highest BCUT2D eigenvalue weighted by molar-refractivity contribution is 6.56. The maximum Gasteiger partial charge on any atom is 0.107 e. The summed E-state index contributed by atoms with van der Waals surface area (Å²) in [4.78, 5) is 3.15. The van der Waals surface area contributed by atoms with E-state index in [0.717, 1.165) is 12.0 Å². The number of nitrogens with one attached hydrogen (secondary N) is 1. The molecule has 0 aliphatic heterocycles. The standard InChI is InChI=1S/C2H3ClN2/c3-1-5-2-4/h1-2,4H. The van der Waals surface area contributed by atoms with E-state index >= 15 is 0 Å². The molecule has 0 unspecified atom stereocenters. The molecule has 0 amide bonds. The van der Waals surface area contributed by atoms with Gasteiger partial charge in [0.25, 0.3) is 0 Å². The first-order valence-corrected chi connectivity index (χ1v) is 1.46. The number of halogens is 1. The second-order valence-electron chi connectivity index (χ2n) is 0.376. The molecule has 2 nitrogen and oxygen atoms in total. The molecule has 3 heteroatoms. The topological polar surface area (TPSA) is 36.2 Å². The molecule has 28 valence electrons. The molecule has 0 aromatic carbocycles. The number of hydrogen-bond acceptors (Lipinski definition) is 1. The molecule has 0 radical (unpaired) electrons. The number of aliphatic imine (C=N–C) groups is 1. The predicted octanol–water partition coefficient (Wildman–Crippen LogP) is 0.861. The van der Waals surface area contributed by atoms with Gasteiger partial charge in [0.15, 0.2) is 0 Å². The van der Waals surface area contributed by atoms with Crippen molar-refractivity contribution in [1.29, 1.82) is 5.41 Å². The van der Waals surface area contributed by atoms with E-state index < -0.39 is 0 Å². The van der Waals surface area contributed by atoms with Gasteiger partial charge in [-0.2, -0.15) is 0 Å². The van der Waals surface area contributed by atoms with Gasteiger partial charge in [0.2, 0.25) is 0 Å². The summed E-state index contributed by atoms with van der Waals surface area (Å²) in [6.07, 6.45) is 0.868. The lowest BCUT2D eigenvalue weighted by atomic mass is 11.3. The quantitative estimate of drug-likeness (QED) is 0.366. The van der Waals surface area contributed by atoms with Crippen LogP contribution in [0.15, 0.2) is 4.99 Å². The minimum Gasteiger partial charge on any atom is -0.289 e. The van der Waals surface area contributed by atoms with Crippen molar-refractivity contribution in [2.45, 2.75) is 0 Å². The van der Waals surface area contributed by atoms with Crippen LogP contribution < -0.4 is 0 Å². The van der Waals surface area contributed by atoms with Crippen molar-refractivity contribution in [2.75, 3.05) is 0 Å². The fraction of sp³-hybridized carbons (Fsp3) is 0. The van der Waals surface area contributed by atoms with Gasteiger partial charge >= 0.3 is 0 Å². The summed E-state index contributed by atoms with van der Waals surface area (Å²) in [5.41, 5.74) is 1.03. The highest BCUT2D eigenvalue weighted by Gasteiger charge is 1.45. The molecule has 0 spiro atoms. The van der Waals surface area contributed by atoms with E-state index in [1.165, 1.54) is 0 Å². The van der Waals surface area contributed by atoms with Gasteiger partial charge < -0.3 is 0 Å². The Labute approximate surface area is 35.0 Å². The summed E-state index contributed by atoms with van der Waals surface area (Å²) in [5, 5.41) is 6.20. The number of nitrogens with zero attached hydrogens (tertiary/aromatic N) is 1. The SMILES string of the molecule is N=CN=CCl. The molecule has 0 rings (SSSR count). The lowest BCUT2D eigenvalue weighted by molar-refractivity contribution is 1.52. The second-order valence-corrected chi connectivity index (χ2v) is 0.571. The van der Waals surface area contributed by atoms with Crippen LogP contribution in [0.3, 0.4) is 0 Å². The summed E-state index contributed by atoms with van der Waals surface area (Å²) in [6.45, 7) is 0. The Morgan fingerprint density at radius 2 is 2.40 bits per heavy atom. The van der Waals surface area contributed by atoms with Crippen molar-refractivity contribution >= 4 is 23.6 Å². The third kappa shape index (κ3) is 3.63. The molecule has 0 aromatic heterocycles. The minimum atomic E-state index is 0.868. The molecule has 0 aromatic rings.